The Hall–Kier alpha value is -0.870. The molecule has 1 aliphatic carbocycles. The van der Waals surface area contributed by atoms with Crippen LogP contribution < -0.4 is 0 Å². The van der Waals surface area contributed by atoms with Crippen molar-refractivity contribution in [1.82, 2.24) is 14.7 Å². The lowest BCUT2D eigenvalue weighted by Gasteiger charge is -2.33. The normalized spacial score (nSPS) is 17.5. The first kappa shape index (κ1) is 13.6. The molecule has 1 N–H and O–H groups in total. The molecule has 0 saturated heterocycles. The summed E-state index contributed by atoms with van der Waals surface area (Å²) in [6.45, 7) is 4.90. The highest BCUT2D eigenvalue weighted by Crippen LogP contribution is 2.23. The minimum atomic E-state index is 0.241. The number of rotatable bonds is 6. The van der Waals surface area contributed by atoms with Gasteiger partial charge in [0.2, 0.25) is 0 Å². The largest absolute Gasteiger partial charge is 0.395 e. The molecule has 1 aromatic heterocycles. The quantitative estimate of drug-likeness (QED) is 0.841. The summed E-state index contributed by atoms with van der Waals surface area (Å²) in [5.74, 6) is 0. The van der Waals surface area contributed by atoms with Crippen molar-refractivity contribution in [2.75, 3.05) is 13.2 Å². The lowest BCUT2D eigenvalue weighted by Crippen LogP contribution is -2.38. The summed E-state index contributed by atoms with van der Waals surface area (Å²) in [5, 5.41) is 13.8. The minimum Gasteiger partial charge on any atom is -0.395 e. The Morgan fingerprint density at radius 1 is 1.39 bits per heavy atom. The summed E-state index contributed by atoms with van der Waals surface area (Å²) >= 11 is 0. The van der Waals surface area contributed by atoms with E-state index in [1.165, 1.54) is 32.1 Å². The number of hydrogen-bond donors (Lipinski definition) is 1. The second-order valence-corrected chi connectivity index (χ2v) is 5.15. The van der Waals surface area contributed by atoms with Crippen molar-refractivity contribution in [3.63, 3.8) is 0 Å². The van der Waals surface area contributed by atoms with Crippen molar-refractivity contribution in [3.05, 3.63) is 18.0 Å². The van der Waals surface area contributed by atoms with Crippen molar-refractivity contribution in [2.45, 2.75) is 58.2 Å². The molecule has 1 aliphatic rings. The molecule has 0 atom stereocenters. The molecule has 0 radical (unpaired) electrons. The Morgan fingerprint density at radius 2 is 2.17 bits per heavy atom. The standard InChI is InChI=1S/C14H25N3O/c1-2-17-9-8-13(15-17)12-16(10-11-18)14-6-4-3-5-7-14/h8-9,14,18H,2-7,10-12H2,1H3. The maximum Gasteiger partial charge on any atom is 0.0764 e. The zero-order valence-corrected chi connectivity index (χ0v) is 11.4. The fourth-order valence-electron chi connectivity index (χ4n) is 2.84. The molecule has 1 heterocycles. The van der Waals surface area contributed by atoms with Gasteiger partial charge in [-0.3, -0.25) is 9.58 Å². The number of aliphatic hydroxyl groups is 1. The van der Waals surface area contributed by atoms with Gasteiger partial charge in [0.05, 0.1) is 12.3 Å². The third-order valence-corrected chi connectivity index (χ3v) is 3.86. The Kier molecular flexibility index (Phi) is 5.20. The molecule has 102 valence electrons. The van der Waals surface area contributed by atoms with Gasteiger partial charge in [0.1, 0.15) is 0 Å². The fourth-order valence-corrected chi connectivity index (χ4v) is 2.84. The number of aromatic nitrogens is 2. The van der Waals surface area contributed by atoms with Gasteiger partial charge < -0.3 is 5.11 Å². The summed E-state index contributed by atoms with van der Waals surface area (Å²) in [6, 6.07) is 2.73. The molecule has 0 aliphatic heterocycles. The van der Waals surface area contributed by atoms with E-state index in [9.17, 15) is 5.11 Å². The van der Waals surface area contributed by atoms with Gasteiger partial charge in [-0.2, -0.15) is 5.10 Å². The number of aliphatic hydroxyl groups excluding tert-OH is 1. The van der Waals surface area contributed by atoms with Gasteiger partial charge in [0.15, 0.2) is 0 Å². The van der Waals surface area contributed by atoms with E-state index in [-0.39, 0.29) is 6.61 Å². The molecule has 4 heteroatoms. The summed E-state index contributed by atoms with van der Waals surface area (Å²) in [5.41, 5.74) is 1.12. The second kappa shape index (κ2) is 6.90. The van der Waals surface area contributed by atoms with Crippen LogP contribution in [0.25, 0.3) is 0 Å². The van der Waals surface area contributed by atoms with Crippen LogP contribution >= 0.6 is 0 Å². The molecule has 0 spiro atoms. The molecular weight excluding hydrogens is 226 g/mol. The van der Waals surface area contributed by atoms with Crippen LogP contribution in [0, 0.1) is 0 Å². The van der Waals surface area contributed by atoms with Crippen LogP contribution in [0.4, 0.5) is 0 Å². The van der Waals surface area contributed by atoms with Crippen molar-refractivity contribution in [1.29, 1.82) is 0 Å². The molecule has 0 aromatic carbocycles. The molecule has 4 nitrogen and oxygen atoms in total. The molecule has 0 amide bonds. The van der Waals surface area contributed by atoms with E-state index >= 15 is 0 Å². The number of hydrogen-bond acceptors (Lipinski definition) is 3. The first-order chi connectivity index (χ1) is 8.83. The van der Waals surface area contributed by atoms with Crippen LogP contribution in [0.2, 0.25) is 0 Å². The first-order valence-corrected chi connectivity index (χ1v) is 7.20. The van der Waals surface area contributed by atoms with Gasteiger partial charge in [-0.15, -0.1) is 0 Å². The summed E-state index contributed by atoms with van der Waals surface area (Å²) in [6.07, 6.45) is 8.61. The predicted molar refractivity (Wildman–Crippen MR) is 72.3 cm³/mol. The van der Waals surface area contributed by atoms with Crippen LogP contribution in [0.3, 0.4) is 0 Å². The van der Waals surface area contributed by atoms with Gasteiger partial charge in [-0.1, -0.05) is 19.3 Å². The van der Waals surface area contributed by atoms with E-state index < -0.39 is 0 Å². The summed E-state index contributed by atoms with van der Waals surface area (Å²) < 4.78 is 1.97. The van der Waals surface area contributed by atoms with Crippen LogP contribution in [-0.2, 0) is 13.1 Å². The van der Waals surface area contributed by atoms with Crippen molar-refractivity contribution in [3.8, 4) is 0 Å². The Balaban J connectivity index is 1.95. The predicted octanol–water partition coefficient (Wildman–Crippen LogP) is 2.03. The first-order valence-electron chi connectivity index (χ1n) is 7.20. The van der Waals surface area contributed by atoms with Crippen molar-refractivity contribution in [2.24, 2.45) is 0 Å². The highest BCUT2D eigenvalue weighted by Gasteiger charge is 2.21. The van der Waals surface area contributed by atoms with E-state index in [1.54, 1.807) is 0 Å². The van der Waals surface area contributed by atoms with E-state index in [0.717, 1.165) is 25.3 Å². The highest BCUT2D eigenvalue weighted by molar-refractivity contribution is 4.99. The average molecular weight is 251 g/mol. The SMILES string of the molecule is CCn1ccc(CN(CCO)C2CCCCC2)n1. The van der Waals surface area contributed by atoms with Gasteiger partial charge in [0, 0.05) is 31.9 Å². The lowest BCUT2D eigenvalue weighted by molar-refractivity contribution is 0.115. The fraction of sp³-hybridized carbons (Fsp3) is 0.786. The Morgan fingerprint density at radius 3 is 2.78 bits per heavy atom. The van der Waals surface area contributed by atoms with Crippen LogP contribution in [-0.4, -0.2) is 39.0 Å². The Bertz CT molecular complexity index is 345. The number of nitrogens with zero attached hydrogens (tertiary/aromatic N) is 3. The summed E-state index contributed by atoms with van der Waals surface area (Å²) in [4.78, 5) is 2.40. The van der Waals surface area contributed by atoms with Crippen LogP contribution in [0.5, 0.6) is 0 Å². The minimum absolute atomic E-state index is 0.241. The molecule has 18 heavy (non-hydrogen) atoms. The lowest BCUT2D eigenvalue weighted by atomic mass is 9.94. The molecule has 1 fully saturated rings. The van der Waals surface area contributed by atoms with Gasteiger partial charge in [-0.25, -0.2) is 0 Å². The number of aryl methyl sites for hydroxylation is 1. The average Bonchev–Trinajstić information content (AvgIpc) is 2.87. The van der Waals surface area contributed by atoms with Gasteiger partial charge in [-0.05, 0) is 25.8 Å². The molecular formula is C14H25N3O. The van der Waals surface area contributed by atoms with Crippen LogP contribution in [0.1, 0.15) is 44.7 Å². The van der Waals surface area contributed by atoms with Crippen molar-refractivity contribution < 1.29 is 5.11 Å². The molecule has 0 unspecified atom stereocenters. The smallest absolute Gasteiger partial charge is 0.0764 e. The zero-order valence-electron chi connectivity index (χ0n) is 11.4. The van der Waals surface area contributed by atoms with E-state index in [4.69, 9.17) is 0 Å². The highest BCUT2D eigenvalue weighted by atomic mass is 16.3. The van der Waals surface area contributed by atoms with Crippen molar-refractivity contribution >= 4 is 0 Å². The monoisotopic (exact) mass is 251 g/mol. The van der Waals surface area contributed by atoms with E-state index in [1.807, 2.05) is 10.9 Å². The molecule has 1 aromatic rings. The van der Waals surface area contributed by atoms with Gasteiger partial charge >= 0.3 is 0 Å². The third kappa shape index (κ3) is 3.56. The summed E-state index contributed by atoms with van der Waals surface area (Å²) in [7, 11) is 0. The van der Waals surface area contributed by atoms with E-state index in [0.29, 0.717) is 6.04 Å². The van der Waals surface area contributed by atoms with Gasteiger partial charge in [0.25, 0.3) is 0 Å². The topological polar surface area (TPSA) is 41.3 Å². The maximum atomic E-state index is 9.23. The zero-order chi connectivity index (χ0) is 12.8. The third-order valence-electron chi connectivity index (χ3n) is 3.86. The van der Waals surface area contributed by atoms with Crippen LogP contribution in [0.15, 0.2) is 12.3 Å². The maximum absolute atomic E-state index is 9.23. The van der Waals surface area contributed by atoms with E-state index in [2.05, 4.69) is 23.0 Å². The molecule has 1 saturated carbocycles. The Labute approximate surface area is 110 Å². The second-order valence-electron chi connectivity index (χ2n) is 5.15. The molecule has 2 rings (SSSR count). The molecule has 0 bridgehead atoms.